The molecular weight excluding hydrogens is 167 g/mol. The van der Waals surface area contributed by atoms with Crippen molar-refractivity contribution in [3.8, 4) is 0 Å². The molecule has 0 atom stereocenters. The van der Waals surface area contributed by atoms with Crippen LogP contribution < -0.4 is 0 Å². The van der Waals surface area contributed by atoms with Crippen molar-refractivity contribution < 1.29 is 9.45 Å². The fourth-order valence-electron chi connectivity index (χ4n) is 0.990. The average molecular weight is 179 g/mol. The van der Waals surface area contributed by atoms with Crippen LogP contribution in [-0.2, 0) is 16.0 Å². The number of aryl methyl sites for hydroxylation is 1. The fraction of sp³-hybridized carbons (Fsp3) is 0.500. The Hall–Kier alpha value is -1.26. The van der Waals surface area contributed by atoms with E-state index in [4.69, 9.17) is 0 Å². The summed E-state index contributed by atoms with van der Waals surface area (Å²) in [5, 5.41) is 4.04. The minimum absolute atomic E-state index is 0.171. The first-order valence-corrected chi connectivity index (χ1v) is 4.11. The van der Waals surface area contributed by atoms with Crippen LogP contribution in [0, 0.1) is 13.8 Å². The van der Waals surface area contributed by atoms with Crippen LogP contribution >= 0.6 is 0 Å². The molecule has 69 valence electrons. The molecule has 1 heterocycles. The van der Waals surface area contributed by atoms with Gasteiger partial charge >= 0.3 is 13.5 Å². The second-order valence-corrected chi connectivity index (χ2v) is 2.80. The van der Waals surface area contributed by atoms with Crippen molar-refractivity contribution in [2.45, 2.75) is 27.2 Å². The largest absolute Gasteiger partial charge is 0.538 e. The molecule has 0 amide bonds. The van der Waals surface area contributed by atoms with E-state index in [1.54, 1.807) is 17.7 Å². The van der Waals surface area contributed by atoms with E-state index in [1.165, 1.54) is 7.48 Å². The van der Waals surface area contributed by atoms with Gasteiger partial charge in [0.25, 0.3) is 0 Å². The monoisotopic (exact) mass is 179 g/mol. The van der Waals surface area contributed by atoms with Gasteiger partial charge in [0, 0.05) is 5.69 Å². The Kier molecular flexibility index (Phi) is 3.11. The third kappa shape index (κ3) is 2.34. The molecule has 13 heavy (non-hydrogen) atoms. The summed E-state index contributed by atoms with van der Waals surface area (Å²) in [6, 6.07) is 0. The van der Waals surface area contributed by atoms with Crippen LogP contribution in [0.5, 0.6) is 0 Å². The molecule has 4 nitrogen and oxygen atoms in total. The summed E-state index contributed by atoms with van der Waals surface area (Å²) in [5.41, 5.74) is 2.07. The summed E-state index contributed by atoms with van der Waals surface area (Å²) in [6.45, 7) is 5.71. The van der Waals surface area contributed by atoms with Crippen LogP contribution in [0.3, 0.4) is 0 Å². The topological polar surface area (TPSA) is 44.1 Å². The van der Waals surface area contributed by atoms with E-state index in [2.05, 4.69) is 9.75 Å². The zero-order valence-electron chi connectivity index (χ0n) is 8.07. The van der Waals surface area contributed by atoms with Gasteiger partial charge in [0.2, 0.25) is 0 Å². The van der Waals surface area contributed by atoms with Crippen molar-refractivity contribution in [3.05, 3.63) is 17.5 Å². The van der Waals surface area contributed by atoms with Gasteiger partial charge in [-0.25, -0.2) is 0 Å². The Bertz CT molecular complexity index is 309. The molecule has 0 aliphatic carbocycles. The third-order valence-corrected chi connectivity index (χ3v) is 1.88. The molecule has 0 bridgehead atoms. The highest BCUT2D eigenvalue weighted by Gasteiger charge is 2.07. The average Bonchev–Trinajstić information content (AvgIpc) is 2.37. The van der Waals surface area contributed by atoms with Gasteiger partial charge in [-0.2, -0.15) is 5.10 Å². The van der Waals surface area contributed by atoms with E-state index in [0.29, 0.717) is 0 Å². The molecule has 0 saturated carbocycles. The molecule has 0 unspecified atom stereocenters. The lowest BCUT2D eigenvalue weighted by atomic mass is 10.1. The third-order valence-electron chi connectivity index (χ3n) is 1.88. The number of hydrogen-bond donors (Lipinski definition) is 0. The highest BCUT2D eigenvalue weighted by atomic mass is 16.5. The van der Waals surface area contributed by atoms with Gasteiger partial charge in [-0.3, -0.25) is 9.48 Å². The molecule has 0 spiro atoms. The van der Waals surface area contributed by atoms with Crippen LogP contribution in [0.2, 0.25) is 6.82 Å². The lowest BCUT2D eigenvalue weighted by molar-refractivity contribution is -0.135. The number of carbonyl (C=O) groups is 1. The quantitative estimate of drug-likeness (QED) is 0.641. The maximum atomic E-state index is 11.1. The van der Waals surface area contributed by atoms with E-state index < -0.39 is 0 Å². The van der Waals surface area contributed by atoms with Crippen LogP contribution in [0.4, 0.5) is 0 Å². The first-order chi connectivity index (χ1) is 6.15. The highest BCUT2D eigenvalue weighted by molar-refractivity contribution is 6.28. The van der Waals surface area contributed by atoms with E-state index in [0.717, 1.165) is 11.3 Å². The van der Waals surface area contributed by atoms with Gasteiger partial charge < -0.3 is 4.65 Å². The standard InChI is InChI=1S/C8H12BN2O2/c1-6-4-10-11(7(6)2)5-8(12)13-9-3/h4H,5H2,1-3H3. The molecule has 1 aromatic rings. The Morgan fingerprint density at radius 3 is 2.85 bits per heavy atom. The van der Waals surface area contributed by atoms with Crippen LogP contribution in [0.25, 0.3) is 0 Å². The molecule has 0 aliphatic rings. The van der Waals surface area contributed by atoms with Crippen molar-refractivity contribution in [2.24, 2.45) is 0 Å². The SMILES string of the molecule is C[B]OC(=O)Cn1ncc(C)c1C. The van der Waals surface area contributed by atoms with Gasteiger partial charge in [0.05, 0.1) is 6.20 Å². The molecule has 1 aromatic heterocycles. The lowest BCUT2D eigenvalue weighted by Crippen LogP contribution is -2.16. The summed E-state index contributed by atoms with van der Waals surface area (Å²) in [4.78, 5) is 11.1. The molecular formula is C8H12BN2O2. The first kappa shape index (κ1) is 9.83. The molecule has 0 aliphatic heterocycles. The summed E-state index contributed by atoms with van der Waals surface area (Å²) in [7, 11) is 1.37. The number of rotatable bonds is 3. The smallest absolute Gasteiger partial charge is 0.370 e. The molecule has 0 fully saturated rings. The van der Waals surface area contributed by atoms with Gasteiger partial charge in [-0.15, -0.1) is 0 Å². The lowest BCUT2D eigenvalue weighted by Gasteiger charge is -2.03. The second kappa shape index (κ2) is 4.12. The zero-order valence-corrected chi connectivity index (χ0v) is 8.07. The Balaban J connectivity index is 2.64. The van der Waals surface area contributed by atoms with E-state index in [9.17, 15) is 4.79 Å². The Labute approximate surface area is 78.2 Å². The van der Waals surface area contributed by atoms with Gasteiger partial charge in [-0.1, -0.05) is 6.82 Å². The van der Waals surface area contributed by atoms with Crippen molar-refractivity contribution in [1.29, 1.82) is 0 Å². The number of aromatic nitrogens is 2. The number of carbonyl (C=O) groups excluding carboxylic acids is 1. The van der Waals surface area contributed by atoms with Crippen LogP contribution in [-0.4, -0.2) is 23.2 Å². The summed E-state index contributed by atoms with van der Waals surface area (Å²) < 4.78 is 6.31. The van der Waals surface area contributed by atoms with E-state index >= 15 is 0 Å². The Morgan fingerprint density at radius 2 is 2.38 bits per heavy atom. The fourth-order valence-corrected chi connectivity index (χ4v) is 0.990. The van der Waals surface area contributed by atoms with E-state index in [-0.39, 0.29) is 12.5 Å². The Morgan fingerprint density at radius 1 is 1.69 bits per heavy atom. The van der Waals surface area contributed by atoms with Crippen molar-refractivity contribution in [1.82, 2.24) is 9.78 Å². The molecule has 1 radical (unpaired) electrons. The molecule has 5 heteroatoms. The molecule has 0 aromatic carbocycles. The van der Waals surface area contributed by atoms with Crippen molar-refractivity contribution in [3.63, 3.8) is 0 Å². The molecule has 0 N–H and O–H groups in total. The number of hydrogen-bond acceptors (Lipinski definition) is 3. The predicted octanol–water partition coefficient (Wildman–Crippen LogP) is 0.710. The minimum atomic E-state index is -0.297. The zero-order chi connectivity index (χ0) is 9.84. The maximum Gasteiger partial charge on any atom is 0.370 e. The minimum Gasteiger partial charge on any atom is -0.538 e. The van der Waals surface area contributed by atoms with Crippen molar-refractivity contribution in [2.75, 3.05) is 0 Å². The van der Waals surface area contributed by atoms with Gasteiger partial charge in [-0.05, 0) is 19.4 Å². The summed E-state index contributed by atoms with van der Waals surface area (Å²) in [5.74, 6) is -0.297. The van der Waals surface area contributed by atoms with Crippen LogP contribution in [0.15, 0.2) is 6.20 Å². The van der Waals surface area contributed by atoms with Crippen LogP contribution in [0.1, 0.15) is 11.3 Å². The summed E-state index contributed by atoms with van der Waals surface area (Å²) >= 11 is 0. The molecule has 0 saturated heterocycles. The molecule has 1 rings (SSSR count). The maximum absolute atomic E-state index is 11.1. The highest BCUT2D eigenvalue weighted by Crippen LogP contribution is 2.04. The van der Waals surface area contributed by atoms with Crippen molar-refractivity contribution >= 4 is 13.5 Å². The second-order valence-electron chi connectivity index (χ2n) is 2.80. The number of nitrogens with zero attached hydrogens (tertiary/aromatic N) is 2. The summed E-state index contributed by atoms with van der Waals surface area (Å²) in [6.07, 6.45) is 1.73. The van der Waals surface area contributed by atoms with Gasteiger partial charge in [0.1, 0.15) is 6.54 Å². The van der Waals surface area contributed by atoms with E-state index in [1.807, 2.05) is 13.8 Å². The first-order valence-electron chi connectivity index (χ1n) is 4.11. The predicted molar refractivity (Wildman–Crippen MR) is 49.4 cm³/mol. The van der Waals surface area contributed by atoms with Gasteiger partial charge in [0.15, 0.2) is 0 Å². The normalized spacial score (nSPS) is 9.77.